The third-order valence-electron chi connectivity index (χ3n) is 4.86. The molecule has 1 rings (SSSR count). The molecule has 0 saturated heterocycles. The Morgan fingerprint density at radius 2 is 1.50 bits per heavy atom. The van der Waals surface area contributed by atoms with Gasteiger partial charge in [0.2, 0.25) is 10.0 Å². The van der Waals surface area contributed by atoms with Crippen LogP contribution in [-0.4, -0.2) is 31.1 Å². The predicted molar refractivity (Wildman–Crippen MR) is 86.3 cm³/mol. The highest BCUT2D eigenvalue weighted by Gasteiger charge is 2.50. The van der Waals surface area contributed by atoms with Gasteiger partial charge in [-0.2, -0.15) is 4.31 Å². The van der Waals surface area contributed by atoms with E-state index in [1.54, 1.807) is 4.31 Å². The molecule has 1 fully saturated rings. The van der Waals surface area contributed by atoms with E-state index in [1.165, 1.54) is 25.5 Å². The van der Waals surface area contributed by atoms with Crippen molar-refractivity contribution in [3.63, 3.8) is 0 Å². The highest BCUT2D eigenvalue weighted by Crippen LogP contribution is 2.61. The quantitative estimate of drug-likeness (QED) is 0.694. The van der Waals surface area contributed by atoms with Gasteiger partial charge in [-0.1, -0.05) is 27.2 Å². The molecule has 0 radical (unpaired) electrons. The smallest absolute Gasteiger partial charge is 0.211 e. The molecule has 1 saturated carbocycles. The molecule has 0 aromatic heterocycles. The second-order valence-corrected chi connectivity index (χ2v) is 10.4. The van der Waals surface area contributed by atoms with Crippen molar-refractivity contribution >= 4 is 10.0 Å². The van der Waals surface area contributed by atoms with Crippen molar-refractivity contribution < 1.29 is 8.42 Å². The second kappa shape index (κ2) is 5.60. The Hall–Kier alpha value is -0.0900. The van der Waals surface area contributed by atoms with E-state index in [-0.39, 0.29) is 5.54 Å². The first kappa shape index (κ1) is 18.0. The third kappa shape index (κ3) is 4.45. The van der Waals surface area contributed by atoms with E-state index in [0.717, 1.165) is 12.8 Å². The van der Waals surface area contributed by atoms with E-state index in [9.17, 15) is 8.42 Å². The lowest BCUT2D eigenvalue weighted by molar-refractivity contribution is 0.187. The molecule has 0 bridgehead atoms. The minimum absolute atomic E-state index is 0.325. The van der Waals surface area contributed by atoms with E-state index in [0.29, 0.717) is 17.4 Å². The first-order chi connectivity index (χ1) is 8.80. The maximum absolute atomic E-state index is 11.9. The first-order valence-corrected chi connectivity index (χ1v) is 9.62. The van der Waals surface area contributed by atoms with Crippen LogP contribution in [0.4, 0.5) is 0 Å². The van der Waals surface area contributed by atoms with Gasteiger partial charge in [-0.25, -0.2) is 8.42 Å². The monoisotopic (exact) mass is 303 g/mol. The molecule has 3 nitrogen and oxygen atoms in total. The van der Waals surface area contributed by atoms with Gasteiger partial charge in [0.1, 0.15) is 0 Å². The van der Waals surface area contributed by atoms with Crippen LogP contribution in [-0.2, 0) is 10.0 Å². The molecule has 0 aliphatic heterocycles. The van der Waals surface area contributed by atoms with E-state index in [2.05, 4.69) is 20.8 Å². The van der Waals surface area contributed by atoms with Crippen LogP contribution in [0.2, 0.25) is 0 Å². The highest BCUT2D eigenvalue weighted by molar-refractivity contribution is 7.88. The molecule has 1 aliphatic carbocycles. The normalized spacial score (nSPS) is 19.4. The van der Waals surface area contributed by atoms with Crippen LogP contribution in [0.15, 0.2) is 0 Å². The summed E-state index contributed by atoms with van der Waals surface area (Å²) in [6, 6.07) is 0. The summed E-state index contributed by atoms with van der Waals surface area (Å²) in [4.78, 5) is 0. The number of rotatable bonds is 6. The van der Waals surface area contributed by atoms with Crippen LogP contribution in [0, 0.1) is 10.8 Å². The molecule has 4 heteroatoms. The molecule has 0 spiro atoms. The number of hydrogen-bond donors (Lipinski definition) is 0. The summed E-state index contributed by atoms with van der Waals surface area (Å²) in [5, 5.41) is 0. The fourth-order valence-corrected chi connectivity index (χ4v) is 4.70. The summed E-state index contributed by atoms with van der Waals surface area (Å²) >= 11 is 0. The summed E-state index contributed by atoms with van der Waals surface area (Å²) in [7, 11) is -3.12. The molecule has 20 heavy (non-hydrogen) atoms. The van der Waals surface area contributed by atoms with Crippen LogP contribution in [0.25, 0.3) is 0 Å². The lowest BCUT2D eigenvalue weighted by atomic mass is 9.75. The number of hydrogen-bond acceptors (Lipinski definition) is 2. The molecular formula is C16H33NO2S. The van der Waals surface area contributed by atoms with Crippen molar-refractivity contribution in [1.82, 2.24) is 4.31 Å². The van der Waals surface area contributed by atoms with Crippen molar-refractivity contribution in [2.45, 2.75) is 79.2 Å². The second-order valence-electron chi connectivity index (χ2n) is 8.49. The summed E-state index contributed by atoms with van der Waals surface area (Å²) < 4.78 is 25.4. The van der Waals surface area contributed by atoms with Crippen LogP contribution >= 0.6 is 0 Å². The molecule has 0 atom stereocenters. The van der Waals surface area contributed by atoms with Gasteiger partial charge in [0.25, 0.3) is 0 Å². The Bertz CT molecular complexity index is 422. The van der Waals surface area contributed by atoms with Crippen LogP contribution in [0.5, 0.6) is 0 Å². The fourth-order valence-electron chi connectivity index (χ4n) is 3.24. The van der Waals surface area contributed by atoms with E-state index >= 15 is 0 Å². The summed E-state index contributed by atoms with van der Waals surface area (Å²) in [5.41, 5.74) is 0.576. The van der Waals surface area contributed by atoms with Gasteiger partial charge < -0.3 is 0 Å². The van der Waals surface area contributed by atoms with Gasteiger partial charge >= 0.3 is 0 Å². The Labute approximate surface area is 126 Å². The van der Waals surface area contributed by atoms with Crippen molar-refractivity contribution in [2.75, 3.05) is 12.8 Å². The van der Waals surface area contributed by atoms with E-state index in [1.807, 2.05) is 20.8 Å². The Balaban J connectivity index is 2.48. The molecule has 1 aliphatic rings. The minimum Gasteiger partial charge on any atom is -0.212 e. The Morgan fingerprint density at radius 1 is 1.00 bits per heavy atom. The topological polar surface area (TPSA) is 37.4 Å². The summed E-state index contributed by atoms with van der Waals surface area (Å²) in [5.74, 6) is 0. The lowest BCUT2D eigenvalue weighted by Crippen LogP contribution is -2.45. The summed E-state index contributed by atoms with van der Waals surface area (Å²) in [6.07, 6.45) is 7.31. The molecule has 0 heterocycles. The zero-order valence-electron chi connectivity index (χ0n) is 14.4. The fraction of sp³-hybridized carbons (Fsp3) is 1.00. The zero-order chi connectivity index (χ0) is 15.8. The number of sulfonamides is 1. The average Bonchev–Trinajstić information content (AvgIpc) is 2.92. The maximum Gasteiger partial charge on any atom is 0.211 e. The molecule has 0 unspecified atom stereocenters. The zero-order valence-corrected chi connectivity index (χ0v) is 15.2. The van der Waals surface area contributed by atoms with Gasteiger partial charge in [-0.05, 0) is 57.3 Å². The molecular weight excluding hydrogens is 270 g/mol. The van der Waals surface area contributed by atoms with Gasteiger partial charge in [-0.3, -0.25) is 0 Å². The van der Waals surface area contributed by atoms with Crippen molar-refractivity contribution in [3.8, 4) is 0 Å². The average molecular weight is 304 g/mol. The Kier molecular flexibility index (Phi) is 5.03. The van der Waals surface area contributed by atoms with Gasteiger partial charge in [0.05, 0.1) is 6.26 Å². The molecule has 0 aromatic rings. The summed E-state index contributed by atoms with van der Waals surface area (Å²) in [6.45, 7) is 13.5. The van der Waals surface area contributed by atoms with Gasteiger partial charge in [-0.15, -0.1) is 0 Å². The van der Waals surface area contributed by atoms with Crippen molar-refractivity contribution in [1.29, 1.82) is 0 Å². The van der Waals surface area contributed by atoms with Crippen molar-refractivity contribution in [2.24, 2.45) is 10.8 Å². The molecule has 120 valence electrons. The maximum atomic E-state index is 11.9. The number of nitrogens with zero attached hydrogens (tertiary/aromatic N) is 1. The standard InChI is InChI=1S/C16H33NO2S/c1-14(2,3)16(11-12-16)10-8-9-13-17(15(4,5)6)20(7,18)19/h8-13H2,1-7H3. The minimum atomic E-state index is -3.12. The molecule has 0 N–H and O–H groups in total. The molecule has 0 amide bonds. The van der Waals surface area contributed by atoms with Gasteiger partial charge in [0.15, 0.2) is 0 Å². The lowest BCUT2D eigenvalue weighted by Gasteiger charge is -2.34. The van der Waals surface area contributed by atoms with Crippen LogP contribution in [0.3, 0.4) is 0 Å². The highest BCUT2D eigenvalue weighted by atomic mass is 32.2. The van der Waals surface area contributed by atoms with E-state index in [4.69, 9.17) is 0 Å². The van der Waals surface area contributed by atoms with E-state index < -0.39 is 10.0 Å². The number of unbranched alkanes of at least 4 members (excludes halogenated alkanes) is 1. The predicted octanol–water partition coefficient (Wildman–Crippen LogP) is 4.04. The Morgan fingerprint density at radius 3 is 1.80 bits per heavy atom. The van der Waals surface area contributed by atoms with Crippen molar-refractivity contribution in [3.05, 3.63) is 0 Å². The first-order valence-electron chi connectivity index (χ1n) is 7.77. The molecule has 0 aromatic carbocycles. The third-order valence-corrected chi connectivity index (χ3v) is 6.39. The van der Waals surface area contributed by atoms with Gasteiger partial charge in [0, 0.05) is 12.1 Å². The van der Waals surface area contributed by atoms with Crippen LogP contribution in [0.1, 0.15) is 73.6 Å². The van der Waals surface area contributed by atoms with Crippen LogP contribution < -0.4 is 0 Å². The SMILES string of the molecule is CC(C)(C)N(CCCCC1(C(C)(C)C)CC1)S(C)(=O)=O. The largest absolute Gasteiger partial charge is 0.212 e.